The lowest BCUT2D eigenvalue weighted by molar-refractivity contribution is -0.123. The Bertz CT molecular complexity index is 1350. The molecule has 1 saturated heterocycles. The van der Waals surface area contributed by atoms with E-state index in [4.69, 9.17) is 21.3 Å². The van der Waals surface area contributed by atoms with Gasteiger partial charge in [0.2, 0.25) is 11.9 Å². The van der Waals surface area contributed by atoms with Gasteiger partial charge in [0, 0.05) is 49.8 Å². The summed E-state index contributed by atoms with van der Waals surface area (Å²) in [4.78, 5) is 44.0. The molecule has 3 amide bonds. The number of nitrogens with one attached hydrogen (secondary N) is 2. The first-order chi connectivity index (χ1) is 19.9. The van der Waals surface area contributed by atoms with Crippen molar-refractivity contribution in [2.45, 2.75) is 57.5 Å². The maximum atomic E-state index is 13.7. The number of piperazine rings is 1. The lowest BCUT2D eigenvalue weighted by atomic mass is 9.96. The third kappa shape index (κ3) is 7.08. The molecular weight excluding hydrogens is 544 g/mol. The average molecular weight is 581 g/mol. The SMILES string of the molecule is COc1ccc(CCNC(=O)C2CN(C(=O)NC3CCCCC3)CCN2c2cc(C)nc(-n3ccnc3)n2)cc1Cl. The molecule has 5 rings (SSSR count). The van der Waals surface area contributed by atoms with Gasteiger partial charge in [-0.25, -0.2) is 14.8 Å². The van der Waals surface area contributed by atoms with Crippen LogP contribution in [0.4, 0.5) is 10.6 Å². The van der Waals surface area contributed by atoms with Crippen LogP contribution in [0.15, 0.2) is 43.0 Å². The number of aryl methyl sites for hydroxylation is 1. The number of halogens is 1. The number of ether oxygens (including phenoxy) is 1. The van der Waals surface area contributed by atoms with Crippen LogP contribution in [0.25, 0.3) is 5.95 Å². The van der Waals surface area contributed by atoms with E-state index in [0.717, 1.165) is 36.9 Å². The van der Waals surface area contributed by atoms with E-state index in [1.54, 1.807) is 35.3 Å². The summed E-state index contributed by atoms with van der Waals surface area (Å²) >= 11 is 6.28. The normalized spacial score (nSPS) is 17.8. The zero-order valence-electron chi connectivity index (χ0n) is 23.6. The number of methoxy groups -OCH3 is 1. The van der Waals surface area contributed by atoms with Gasteiger partial charge in [-0.3, -0.25) is 9.36 Å². The van der Waals surface area contributed by atoms with Crippen LogP contribution in [-0.4, -0.2) is 81.7 Å². The quantitative estimate of drug-likeness (QED) is 0.418. The Balaban J connectivity index is 1.32. The van der Waals surface area contributed by atoms with Crippen molar-refractivity contribution in [3.63, 3.8) is 0 Å². The summed E-state index contributed by atoms with van der Waals surface area (Å²) in [6.07, 6.45) is 11.2. The third-order valence-corrected chi connectivity index (χ3v) is 7.99. The van der Waals surface area contributed by atoms with Crippen molar-refractivity contribution in [1.82, 2.24) is 35.1 Å². The standard InChI is InChI=1S/C29H37ClN8O3/c1-20-16-26(35-28(33-20)37-13-12-31-19-37)38-15-14-36(29(40)34-22-6-4-3-5-7-22)18-24(38)27(39)32-11-10-21-8-9-25(41-2)23(30)17-21/h8-9,12-13,16-17,19,22,24H,3-7,10-11,14-15,18H2,1-2H3,(H,32,39)(H,34,40). The maximum Gasteiger partial charge on any atom is 0.317 e. The molecule has 2 fully saturated rings. The van der Waals surface area contributed by atoms with Crippen molar-refractivity contribution < 1.29 is 14.3 Å². The van der Waals surface area contributed by atoms with Crippen molar-refractivity contribution in [2.24, 2.45) is 0 Å². The highest BCUT2D eigenvalue weighted by atomic mass is 35.5. The molecule has 41 heavy (non-hydrogen) atoms. The van der Waals surface area contributed by atoms with Crippen LogP contribution in [0.5, 0.6) is 5.75 Å². The van der Waals surface area contributed by atoms with Gasteiger partial charge >= 0.3 is 6.03 Å². The van der Waals surface area contributed by atoms with Crippen molar-refractivity contribution in [3.8, 4) is 11.7 Å². The minimum absolute atomic E-state index is 0.111. The van der Waals surface area contributed by atoms with E-state index in [1.807, 2.05) is 36.1 Å². The largest absolute Gasteiger partial charge is 0.495 e. The minimum atomic E-state index is -0.620. The lowest BCUT2D eigenvalue weighted by Gasteiger charge is -2.41. The van der Waals surface area contributed by atoms with E-state index in [9.17, 15) is 9.59 Å². The Labute approximate surface area is 245 Å². The second-order valence-corrected chi connectivity index (χ2v) is 11.0. The molecule has 1 aliphatic carbocycles. The van der Waals surface area contributed by atoms with Crippen LogP contribution in [0.3, 0.4) is 0 Å². The Hall–Kier alpha value is -3.86. The first kappa shape index (κ1) is 28.7. The molecule has 1 aliphatic heterocycles. The molecule has 0 bridgehead atoms. The van der Waals surface area contributed by atoms with Crippen molar-refractivity contribution >= 4 is 29.4 Å². The molecule has 0 radical (unpaired) electrons. The van der Waals surface area contributed by atoms with E-state index >= 15 is 0 Å². The van der Waals surface area contributed by atoms with Gasteiger partial charge in [-0.2, -0.15) is 4.98 Å². The summed E-state index contributed by atoms with van der Waals surface area (Å²) in [6.45, 7) is 3.51. The molecule has 1 saturated carbocycles. The highest BCUT2D eigenvalue weighted by molar-refractivity contribution is 6.32. The molecule has 1 aromatic carbocycles. The number of hydrogen-bond acceptors (Lipinski definition) is 7. The Morgan fingerprint density at radius 2 is 1.95 bits per heavy atom. The van der Waals surface area contributed by atoms with Gasteiger partial charge in [0.25, 0.3) is 0 Å². The third-order valence-electron chi connectivity index (χ3n) is 7.69. The molecule has 3 heterocycles. The van der Waals surface area contributed by atoms with Gasteiger partial charge in [-0.15, -0.1) is 0 Å². The number of imidazole rings is 1. The summed E-state index contributed by atoms with van der Waals surface area (Å²) < 4.78 is 6.97. The number of amides is 3. The Morgan fingerprint density at radius 3 is 2.68 bits per heavy atom. The number of carbonyl (C=O) groups is 2. The number of urea groups is 1. The second kappa shape index (κ2) is 13.2. The molecule has 2 N–H and O–H groups in total. The van der Waals surface area contributed by atoms with Crippen LogP contribution in [0, 0.1) is 6.92 Å². The van der Waals surface area contributed by atoms with E-state index < -0.39 is 6.04 Å². The van der Waals surface area contributed by atoms with Crippen molar-refractivity contribution in [1.29, 1.82) is 0 Å². The highest BCUT2D eigenvalue weighted by Crippen LogP contribution is 2.25. The average Bonchev–Trinajstić information content (AvgIpc) is 3.52. The van der Waals surface area contributed by atoms with Gasteiger partial charge in [-0.05, 0) is 43.9 Å². The second-order valence-electron chi connectivity index (χ2n) is 10.6. The molecular formula is C29H37ClN8O3. The Morgan fingerprint density at radius 1 is 1.12 bits per heavy atom. The molecule has 1 atom stereocenters. The predicted octanol–water partition coefficient (Wildman–Crippen LogP) is 3.52. The monoisotopic (exact) mass is 580 g/mol. The fourth-order valence-corrected chi connectivity index (χ4v) is 5.75. The fourth-order valence-electron chi connectivity index (χ4n) is 5.47. The zero-order chi connectivity index (χ0) is 28.8. The van der Waals surface area contributed by atoms with Crippen LogP contribution >= 0.6 is 11.6 Å². The fraction of sp³-hybridized carbons (Fsp3) is 0.483. The van der Waals surface area contributed by atoms with E-state index in [1.165, 1.54) is 6.42 Å². The summed E-state index contributed by atoms with van der Waals surface area (Å²) in [6, 6.07) is 6.93. The van der Waals surface area contributed by atoms with Crippen LogP contribution in [-0.2, 0) is 11.2 Å². The summed E-state index contributed by atoms with van der Waals surface area (Å²) in [7, 11) is 1.58. The van der Waals surface area contributed by atoms with Crippen LogP contribution in [0.1, 0.15) is 43.4 Å². The number of rotatable bonds is 8. The maximum absolute atomic E-state index is 13.7. The summed E-state index contributed by atoms with van der Waals surface area (Å²) in [5.74, 6) is 1.56. The predicted molar refractivity (Wildman–Crippen MR) is 157 cm³/mol. The van der Waals surface area contributed by atoms with E-state index in [0.29, 0.717) is 48.6 Å². The van der Waals surface area contributed by atoms with Crippen molar-refractivity contribution in [3.05, 3.63) is 59.3 Å². The van der Waals surface area contributed by atoms with Crippen LogP contribution < -0.4 is 20.3 Å². The molecule has 3 aromatic rings. The topological polar surface area (TPSA) is 118 Å². The first-order valence-corrected chi connectivity index (χ1v) is 14.6. The number of anilines is 1. The molecule has 2 aromatic heterocycles. The first-order valence-electron chi connectivity index (χ1n) is 14.2. The molecule has 0 spiro atoms. The number of nitrogens with zero attached hydrogens (tertiary/aromatic N) is 6. The van der Waals surface area contributed by atoms with Crippen LogP contribution in [0.2, 0.25) is 5.02 Å². The number of hydrogen-bond donors (Lipinski definition) is 2. The van der Waals surface area contributed by atoms with Gasteiger partial charge in [0.1, 0.15) is 23.9 Å². The zero-order valence-corrected chi connectivity index (χ0v) is 24.3. The molecule has 11 nitrogen and oxygen atoms in total. The van der Waals surface area contributed by atoms with E-state index in [2.05, 4.69) is 20.6 Å². The summed E-state index contributed by atoms with van der Waals surface area (Å²) in [5, 5.41) is 6.80. The van der Waals surface area contributed by atoms with Gasteiger partial charge in [0.15, 0.2) is 0 Å². The molecule has 1 unspecified atom stereocenters. The molecule has 218 valence electrons. The molecule has 2 aliphatic rings. The lowest BCUT2D eigenvalue weighted by Crippen LogP contribution is -2.62. The van der Waals surface area contributed by atoms with E-state index in [-0.39, 0.29) is 24.5 Å². The summed E-state index contributed by atoms with van der Waals surface area (Å²) in [5.41, 5.74) is 1.76. The van der Waals surface area contributed by atoms with Gasteiger partial charge in [-0.1, -0.05) is 36.9 Å². The van der Waals surface area contributed by atoms with Gasteiger partial charge in [0.05, 0.1) is 18.7 Å². The number of carbonyl (C=O) groups excluding carboxylic acids is 2. The van der Waals surface area contributed by atoms with Gasteiger partial charge < -0.3 is 25.2 Å². The highest BCUT2D eigenvalue weighted by Gasteiger charge is 2.36. The van der Waals surface area contributed by atoms with Crippen molar-refractivity contribution in [2.75, 3.05) is 38.2 Å². The molecule has 12 heteroatoms. The minimum Gasteiger partial charge on any atom is -0.495 e. The Kier molecular flexibility index (Phi) is 9.23. The smallest absolute Gasteiger partial charge is 0.317 e. The number of benzene rings is 1. The number of aromatic nitrogens is 4.